The fourth-order valence-electron chi connectivity index (χ4n) is 2.15. The van der Waals surface area contributed by atoms with Gasteiger partial charge >= 0.3 is 0 Å². The van der Waals surface area contributed by atoms with E-state index in [1.54, 1.807) is 0 Å². The standard InChI is InChI=1S/C16H23Br2N/c1-9(2)7-8-13-11(5)14(17)15(18)16(12(13)6)19-10(3)4/h9H,7-8H2,1-6H3. The lowest BCUT2D eigenvalue weighted by molar-refractivity contribution is 0.584. The number of rotatable bonds is 4. The SMILES string of the molecule is CC(C)=Nc1c(C)c(CCC(C)C)c(C)c(Br)c1Br. The number of benzene rings is 1. The maximum Gasteiger partial charge on any atom is 0.0814 e. The van der Waals surface area contributed by atoms with E-state index in [9.17, 15) is 0 Å². The van der Waals surface area contributed by atoms with Gasteiger partial charge in [0.15, 0.2) is 0 Å². The van der Waals surface area contributed by atoms with Gasteiger partial charge < -0.3 is 0 Å². The van der Waals surface area contributed by atoms with Gasteiger partial charge in [-0.05, 0) is 95.0 Å². The second-order valence-electron chi connectivity index (χ2n) is 5.70. The zero-order valence-electron chi connectivity index (χ0n) is 12.7. The van der Waals surface area contributed by atoms with Gasteiger partial charge in [0.25, 0.3) is 0 Å². The number of nitrogens with zero attached hydrogens (tertiary/aromatic N) is 1. The second kappa shape index (κ2) is 7.03. The van der Waals surface area contributed by atoms with Crippen molar-refractivity contribution in [2.24, 2.45) is 10.9 Å². The van der Waals surface area contributed by atoms with Gasteiger partial charge in [-0.25, -0.2) is 0 Å². The molecule has 0 unspecified atom stereocenters. The van der Waals surface area contributed by atoms with Gasteiger partial charge in [-0.1, -0.05) is 13.8 Å². The Morgan fingerprint density at radius 3 is 2.11 bits per heavy atom. The Kier molecular flexibility index (Phi) is 6.25. The van der Waals surface area contributed by atoms with Crippen molar-refractivity contribution in [2.75, 3.05) is 0 Å². The molecular formula is C16H23Br2N. The van der Waals surface area contributed by atoms with E-state index in [-0.39, 0.29) is 0 Å². The third-order valence-corrected chi connectivity index (χ3v) is 5.59. The predicted octanol–water partition coefficient (Wildman–Crippen LogP) is 6.53. The molecule has 0 aromatic heterocycles. The summed E-state index contributed by atoms with van der Waals surface area (Å²) in [6.07, 6.45) is 2.33. The van der Waals surface area contributed by atoms with Crippen molar-refractivity contribution in [3.63, 3.8) is 0 Å². The Hall–Kier alpha value is -0.150. The monoisotopic (exact) mass is 387 g/mol. The fourth-order valence-corrected chi connectivity index (χ4v) is 3.26. The Labute approximate surface area is 134 Å². The molecule has 0 aliphatic heterocycles. The van der Waals surface area contributed by atoms with Crippen molar-refractivity contribution in [1.82, 2.24) is 0 Å². The van der Waals surface area contributed by atoms with Crippen LogP contribution in [0.1, 0.15) is 50.8 Å². The average molecular weight is 389 g/mol. The Morgan fingerprint density at radius 2 is 1.63 bits per heavy atom. The van der Waals surface area contributed by atoms with Crippen LogP contribution in [0.3, 0.4) is 0 Å². The molecule has 1 aromatic carbocycles. The van der Waals surface area contributed by atoms with Crippen molar-refractivity contribution in [3.05, 3.63) is 25.6 Å². The topological polar surface area (TPSA) is 12.4 Å². The molecule has 0 aliphatic carbocycles. The van der Waals surface area contributed by atoms with Crippen molar-refractivity contribution >= 4 is 43.3 Å². The number of hydrogen-bond donors (Lipinski definition) is 0. The highest BCUT2D eigenvalue weighted by Crippen LogP contribution is 2.41. The molecule has 0 fully saturated rings. The van der Waals surface area contributed by atoms with Crippen LogP contribution in [-0.4, -0.2) is 5.71 Å². The molecule has 0 saturated carbocycles. The molecule has 0 atom stereocenters. The minimum atomic E-state index is 0.723. The summed E-state index contributed by atoms with van der Waals surface area (Å²) in [5, 5.41) is 0. The Morgan fingerprint density at radius 1 is 1.05 bits per heavy atom. The smallest absolute Gasteiger partial charge is 0.0814 e. The van der Waals surface area contributed by atoms with Crippen LogP contribution in [0.15, 0.2) is 13.9 Å². The molecule has 1 aromatic rings. The van der Waals surface area contributed by atoms with Crippen LogP contribution in [0.25, 0.3) is 0 Å². The Balaban J connectivity index is 3.39. The van der Waals surface area contributed by atoms with Gasteiger partial charge in [0.2, 0.25) is 0 Å². The average Bonchev–Trinajstić information content (AvgIpc) is 2.31. The molecule has 0 spiro atoms. The second-order valence-corrected chi connectivity index (χ2v) is 7.28. The van der Waals surface area contributed by atoms with Gasteiger partial charge in [-0.3, -0.25) is 4.99 Å². The normalized spacial score (nSPS) is 11.0. The third-order valence-electron chi connectivity index (χ3n) is 3.30. The molecule has 0 amide bonds. The molecule has 1 nitrogen and oxygen atoms in total. The first-order valence-corrected chi connectivity index (χ1v) is 8.33. The number of halogens is 2. The summed E-state index contributed by atoms with van der Waals surface area (Å²) in [5.41, 5.74) is 6.21. The Bertz CT molecular complexity index is 498. The summed E-state index contributed by atoms with van der Waals surface area (Å²) < 4.78 is 2.20. The van der Waals surface area contributed by atoms with Crippen molar-refractivity contribution < 1.29 is 0 Å². The fraction of sp³-hybridized carbons (Fsp3) is 0.562. The lowest BCUT2D eigenvalue weighted by Gasteiger charge is -2.17. The van der Waals surface area contributed by atoms with Gasteiger partial charge in [0.05, 0.1) is 10.2 Å². The van der Waals surface area contributed by atoms with Crippen molar-refractivity contribution in [2.45, 2.75) is 54.4 Å². The van der Waals surface area contributed by atoms with E-state index in [0.717, 1.165) is 32.7 Å². The summed E-state index contributed by atoms with van der Waals surface area (Å²) in [6.45, 7) is 13.0. The molecule has 0 saturated heterocycles. The van der Waals surface area contributed by atoms with Crippen LogP contribution in [0.4, 0.5) is 5.69 Å². The zero-order valence-corrected chi connectivity index (χ0v) is 15.9. The first-order chi connectivity index (χ1) is 8.75. The van der Waals surface area contributed by atoms with Gasteiger partial charge in [-0.15, -0.1) is 0 Å². The molecule has 0 N–H and O–H groups in total. The quantitative estimate of drug-likeness (QED) is 0.520. The first kappa shape index (κ1) is 16.9. The molecule has 19 heavy (non-hydrogen) atoms. The molecule has 0 heterocycles. The maximum atomic E-state index is 4.69. The predicted molar refractivity (Wildman–Crippen MR) is 92.9 cm³/mol. The molecule has 0 bridgehead atoms. The summed E-state index contributed by atoms with van der Waals surface area (Å²) in [4.78, 5) is 4.69. The largest absolute Gasteiger partial charge is 0.257 e. The molecule has 3 heteroatoms. The molecular weight excluding hydrogens is 366 g/mol. The van der Waals surface area contributed by atoms with E-state index in [1.165, 1.54) is 23.1 Å². The van der Waals surface area contributed by atoms with Gasteiger partial charge in [0.1, 0.15) is 0 Å². The van der Waals surface area contributed by atoms with Crippen LogP contribution >= 0.6 is 31.9 Å². The zero-order chi connectivity index (χ0) is 14.7. The highest BCUT2D eigenvalue weighted by Gasteiger charge is 2.16. The summed E-state index contributed by atoms with van der Waals surface area (Å²) >= 11 is 7.37. The van der Waals surface area contributed by atoms with E-state index < -0.39 is 0 Å². The number of aliphatic imine (C=N–C) groups is 1. The van der Waals surface area contributed by atoms with Crippen LogP contribution in [0.5, 0.6) is 0 Å². The first-order valence-electron chi connectivity index (χ1n) is 6.74. The summed E-state index contributed by atoms with van der Waals surface area (Å²) in [7, 11) is 0. The van der Waals surface area contributed by atoms with Crippen LogP contribution in [-0.2, 0) is 6.42 Å². The van der Waals surface area contributed by atoms with E-state index in [4.69, 9.17) is 0 Å². The van der Waals surface area contributed by atoms with E-state index in [0.29, 0.717) is 0 Å². The highest BCUT2D eigenvalue weighted by atomic mass is 79.9. The molecule has 106 valence electrons. The van der Waals surface area contributed by atoms with E-state index in [2.05, 4.69) is 64.5 Å². The lowest BCUT2D eigenvalue weighted by atomic mass is 9.94. The van der Waals surface area contributed by atoms with Gasteiger partial charge in [0, 0.05) is 10.2 Å². The van der Waals surface area contributed by atoms with Crippen LogP contribution < -0.4 is 0 Å². The molecule has 0 radical (unpaired) electrons. The minimum absolute atomic E-state index is 0.723. The van der Waals surface area contributed by atoms with Crippen LogP contribution in [0.2, 0.25) is 0 Å². The lowest BCUT2D eigenvalue weighted by Crippen LogP contribution is -2.00. The van der Waals surface area contributed by atoms with Gasteiger partial charge in [-0.2, -0.15) is 0 Å². The van der Waals surface area contributed by atoms with Crippen molar-refractivity contribution in [3.8, 4) is 0 Å². The molecule has 1 rings (SSSR count). The number of hydrogen-bond acceptors (Lipinski definition) is 1. The van der Waals surface area contributed by atoms with Crippen molar-refractivity contribution in [1.29, 1.82) is 0 Å². The molecule has 0 aliphatic rings. The third kappa shape index (κ3) is 4.16. The summed E-state index contributed by atoms with van der Waals surface area (Å²) in [5.74, 6) is 0.723. The van der Waals surface area contributed by atoms with E-state index in [1.807, 2.05) is 13.8 Å². The highest BCUT2D eigenvalue weighted by molar-refractivity contribution is 9.13. The summed E-state index contributed by atoms with van der Waals surface area (Å²) in [6, 6.07) is 0. The minimum Gasteiger partial charge on any atom is -0.257 e. The van der Waals surface area contributed by atoms with E-state index >= 15 is 0 Å². The maximum absolute atomic E-state index is 4.69. The van der Waals surface area contributed by atoms with Crippen LogP contribution in [0, 0.1) is 19.8 Å².